The Bertz CT molecular complexity index is 805. The number of methoxy groups -OCH3 is 1. The number of fused-ring (bicyclic) bond motifs is 1. The highest BCUT2D eigenvalue weighted by molar-refractivity contribution is 5.91. The first-order valence-electron chi connectivity index (χ1n) is 7.05. The van der Waals surface area contributed by atoms with Gasteiger partial charge in [-0.2, -0.15) is 0 Å². The van der Waals surface area contributed by atoms with Crippen molar-refractivity contribution in [1.29, 1.82) is 0 Å². The van der Waals surface area contributed by atoms with E-state index in [1.807, 2.05) is 30.3 Å². The second kappa shape index (κ2) is 6.74. The van der Waals surface area contributed by atoms with Crippen molar-refractivity contribution in [2.75, 3.05) is 7.11 Å². The third-order valence-corrected chi connectivity index (χ3v) is 3.16. The second-order valence-electron chi connectivity index (χ2n) is 4.78. The highest BCUT2D eigenvalue weighted by Crippen LogP contribution is 2.15. The van der Waals surface area contributed by atoms with E-state index >= 15 is 0 Å². The molecule has 2 heterocycles. The predicted molar refractivity (Wildman–Crippen MR) is 85.7 cm³/mol. The fourth-order valence-corrected chi connectivity index (χ4v) is 1.99. The lowest BCUT2D eigenvalue weighted by Gasteiger charge is -2.03. The van der Waals surface area contributed by atoms with E-state index in [1.165, 1.54) is 6.08 Å². The van der Waals surface area contributed by atoms with Crippen molar-refractivity contribution in [2.24, 2.45) is 0 Å². The molecule has 0 radical (unpaired) electrons. The number of benzene rings is 1. The molecule has 1 amide bonds. The predicted octanol–water partition coefficient (Wildman–Crippen LogP) is 2.56. The number of nitrogens with zero attached hydrogens (tertiary/aromatic N) is 2. The van der Waals surface area contributed by atoms with Crippen molar-refractivity contribution in [2.45, 2.75) is 6.54 Å². The lowest BCUT2D eigenvalue weighted by Crippen LogP contribution is -2.20. The van der Waals surface area contributed by atoms with Gasteiger partial charge in [0.25, 0.3) is 0 Å². The number of hydrogen-bond acceptors (Lipinski definition) is 5. The number of aromatic nitrogens is 2. The third kappa shape index (κ3) is 3.74. The molecular weight excluding hydrogens is 294 g/mol. The first-order valence-corrected chi connectivity index (χ1v) is 7.05. The second-order valence-corrected chi connectivity index (χ2v) is 4.78. The molecule has 0 aliphatic heterocycles. The van der Waals surface area contributed by atoms with Crippen molar-refractivity contribution in [3.05, 3.63) is 60.1 Å². The quantitative estimate of drug-likeness (QED) is 0.733. The summed E-state index contributed by atoms with van der Waals surface area (Å²) in [7, 11) is 1.56. The molecule has 23 heavy (non-hydrogen) atoms. The maximum atomic E-state index is 11.8. The Labute approximate surface area is 132 Å². The maximum absolute atomic E-state index is 11.8. The Balaban J connectivity index is 1.57. The van der Waals surface area contributed by atoms with Crippen LogP contribution in [0, 0.1) is 0 Å². The molecule has 0 saturated carbocycles. The molecule has 6 nitrogen and oxygen atoms in total. The van der Waals surface area contributed by atoms with Gasteiger partial charge in [0.05, 0.1) is 7.11 Å². The number of oxazole rings is 1. The average Bonchev–Trinajstić information content (AvgIpc) is 3.01. The number of rotatable bonds is 5. The van der Waals surface area contributed by atoms with Gasteiger partial charge in [-0.15, -0.1) is 0 Å². The molecule has 1 aromatic carbocycles. The summed E-state index contributed by atoms with van der Waals surface area (Å²) >= 11 is 0. The van der Waals surface area contributed by atoms with Crippen LogP contribution in [-0.2, 0) is 11.3 Å². The highest BCUT2D eigenvalue weighted by Gasteiger charge is 2.03. The number of carbonyl (C=O) groups is 1. The maximum Gasteiger partial charge on any atom is 0.244 e. The molecule has 3 rings (SSSR count). The van der Waals surface area contributed by atoms with Crippen molar-refractivity contribution >= 4 is 23.1 Å². The van der Waals surface area contributed by atoms with Gasteiger partial charge < -0.3 is 14.5 Å². The van der Waals surface area contributed by atoms with Crippen LogP contribution in [0.25, 0.3) is 17.2 Å². The number of amides is 1. The molecule has 0 atom stereocenters. The number of ether oxygens (including phenoxy) is 1. The number of nitrogens with one attached hydrogen (secondary N) is 1. The summed E-state index contributed by atoms with van der Waals surface area (Å²) in [5.74, 6) is 0.700. The summed E-state index contributed by atoms with van der Waals surface area (Å²) < 4.78 is 10.5. The van der Waals surface area contributed by atoms with Gasteiger partial charge in [0.2, 0.25) is 17.7 Å². The van der Waals surface area contributed by atoms with Gasteiger partial charge in [-0.1, -0.05) is 18.2 Å². The molecule has 0 saturated heterocycles. The Morgan fingerprint density at radius 1 is 1.30 bits per heavy atom. The first-order chi connectivity index (χ1) is 11.2. The summed E-state index contributed by atoms with van der Waals surface area (Å²) in [6, 6.07) is 11.0. The zero-order chi connectivity index (χ0) is 16.1. The van der Waals surface area contributed by atoms with E-state index in [2.05, 4.69) is 15.3 Å². The van der Waals surface area contributed by atoms with Gasteiger partial charge >= 0.3 is 0 Å². The smallest absolute Gasteiger partial charge is 0.244 e. The molecular formula is C17H15N3O3. The van der Waals surface area contributed by atoms with E-state index in [4.69, 9.17) is 9.15 Å². The van der Waals surface area contributed by atoms with Gasteiger partial charge in [0.1, 0.15) is 5.52 Å². The summed E-state index contributed by atoms with van der Waals surface area (Å²) in [4.78, 5) is 20.2. The van der Waals surface area contributed by atoms with Crippen LogP contribution in [-0.4, -0.2) is 23.0 Å². The summed E-state index contributed by atoms with van der Waals surface area (Å²) in [5, 5.41) is 2.76. The molecule has 6 heteroatoms. The molecule has 0 fully saturated rings. The lowest BCUT2D eigenvalue weighted by molar-refractivity contribution is -0.116. The van der Waals surface area contributed by atoms with E-state index < -0.39 is 0 Å². The summed E-state index contributed by atoms with van der Waals surface area (Å²) in [6.07, 6.45) is 4.59. The minimum Gasteiger partial charge on any atom is -0.481 e. The first kappa shape index (κ1) is 14.8. The van der Waals surface area contributed by atoms with E-state index in [0.717, 1.165) is 11.1 Å². The molecule has 2 aromatic heterocycles. The third-order valence-electron chi connectivity index (χ3n) is 3.16. The molecule has 0 aliphatic rings. The van der Waals surface area contributed by atoms with Crippen molar-refractivity contribution in [3.63, 3.8) is 0 Å². The molecule has 116 valence electrons. The molecule has 0 aliphatic carbocycles. The molecule has 0 unspecified atom stereocenters. The van der Waals surface area contributed by atoms with Crippen LogP contribution in [0.3, 0.4) is 0 Å². The van der Waals surface area contributed by atoms with Gasteiger partial charge in [0, 0.05) is 31.0 Å². The Morgan fingerprint density at radius 2 is 2.17 bits per heavy atom. The number of pyridine rings is 1. The minimum atomic E-state index is -0.233. The van der Waals surface area contributed by atoms with Crippen LogP contribution >= 0.6 is 0 Å². The van der Waals surface area contributed by atoms with E-state index in [9.17, 15) is 4.79 Å². The van der Waals surface area contributed by atoms with Gasteiger partial charge in [-0.25, -0.2) is 9.97 Å². The van der Waals surface area contributed by atoms with Crippen LogP contribution < -0.4 is 10.1 Å². The number of para-hydroxylation sites is 2. The monoisotopic (exact) mass is 309 g/mol. The van der Waals surface area contributed by atoms with Crippen LogP contribution in [0.2, 0.25) is 0 Å². The van der Waals surface area contributed by atoms with Crippen LogP contribution in [0.15, 0.2) is 53.1 Å². The average molecular weight is 309 g/mol. The fraction of sp³-hybridized carbons (Fsp3) is 0.118. The summed E-state index contributed by atoms with van der Waals surface area (Å²) in [6.45, 7) is 0.383. The Kier molecular flexibility index (Phi) is 4.33. The number of hydrogen-bond donors (Lipinski definition) is 1. The van der Waals surface area contributed by atoms with Crippen molar-refractivity contribution in [3.8, 4) is 5.88 Å². The standard InChI is InChI=1S/C17H15N3O3/c1-22-16-8-6-12(11-19-16)10-18-15(21)7-9-17-20-13-4-2-3-5-14(13)23-17/h2-9,11H,10H2,1H3,(H,18,21)/b9-7+. The Morgan fingerprint density at radius 3 is 2.91 bits per heavy atom. The van der Waals surface area contributed by atoms with Gasteiger partial charge in [-0.05, 0) is 17.7 Å². The van der Waals surface area contributed by atoms with Crippen LogP contribution in [0.1, 0.15) is 11.5 Å². The Hall–Kier alpha value is -3.15. The summed E-state index contributed by atoms with van der Waals surface area (Å²) in [5.41, 5.74) is 2.34. The molecule has 0 spiro atoms. The largest absolute Gasteiger partial charge is 0.481 e. The molecule has 3 aromatic rings. The van der Waals surface area contributed by atoms with Gasteiger partial charge in [0.15, 0.2) is 5.58 Å². The van der Waals surface area contributed by atoms with Crippen LogP contribution in [0.5, 0.6) is 5.88 Å². The SMILES string of the molecule is COc1ccc(CNC(=O)/C=C/c2nc3ccccc3o2)cn1. The van der Waals surface area contributed by atoms with E-state index in [1.54, 1.807) is 25.4 Å². The van der Waals surface area contributed by atoms with Crippen molar-refractivity contribution < 1.29 is 13.9 Å². The number of carbonyl (C=O) groups excluding carboxylic acids is 1. The lowest BCUT2D eigenvalue weighted by atomic mass is 10.3. The van der Waals surface area contributed by atoms with Gasteiger partial charge in [-0.3, -0.25) is 4.79 Å². The fourth-order valence-electron chi connectivity index (χ4n) is 1.99. The topological polar surface area (TPSA) is 77.2 Å². The van der Waals surface area contributed by atoms with Crippen LogP contribution in [0.4, 0.5) is 0 Å². The van der Waals surface area contributed by atoms with Crippen molar-refractivity contribution in [1.82, 2.24) is 15.3 Å². The molecule has 0 bridgehead atoms. The highest BCUT2D eigenvalue weighted by atomic mass is 16.5. The van der Waals surface area contributed by atoms with E-state index in [-0.39, 0.29) is 5.91 Å². The zero-order valence-corrected chi connectivity index (χ0v) is 12.5. The molecule has 1 N–H and O–H groups in total. The zero-order valence-electron chi connectivity index (χ0n) is 12.5. The minimum absolute atomic E-state index is 0.233. The van der Waals surface area contributed by atoms with E-state index in [0.29, 0.717) is 23.9 Å². The normalized spacial score (nSPS) is 11.0.